The highest BCUT2D eigenvalue weighted by Gasteiger charge is 2.24. The number of hydrogen-bond acceptors (Lipinski definition) is 6. The third kappa shape index (κ3) is 3.29. The molecule has 2 aromatic rings. The van der Waals surface area contributed by atoms with Gasteiger partial charge in [-0.2, -0.15) is 5.21 Å². The molecule has 9 nitrogen and oxygen atoms in total. The van der Waals surface area contributed by atoms with Crippen molar-refractivity contribution in [3.8, 4) is 0 Å². The molecular weight excluding hydrogens is 345 g/mol. The summed E-state index contributed by atoms with van der Waals surface area (Å²) in [6.45, 7) is -0.236. The summed E-state index contributed by atoms with van der Waals surface area (Å²) >= 11 is 11.5. The van der Waals surface area contributed by atoms with Crippen molar-refractivity contribution < 1.29 is 18.3 Å². The zero-order chi connectivity index (χ0) is 15.6. The number of nitrogens with zero attached hydrogens (tertiary/aromatic N) is 3. The zero-order valence-corrected chi connectivity index (χ0v) is 12.4. The maximum Gasteiger partial charge on any atom is 0.338 e. The van der Waals surface area contributed by atoms with Crippen LogP contribution in [0.3, 0.4) is 0 Å². The molecule has 0 radical (unpaired) electrons. The monoisotopic (exact) mass is 351 g/mol. The van der Waals surface area contributed by atoms with Crippen LogP contribution in [0.1, 0.15) is 16.2 Å². The van der Waals surface area contributed by atoms with Gasteiger partial charge in [-0.05, 0) is 12.1 Å². The summed E-state index contributed by atoms with van der Waals surface area (Å²) in [6.07, 6.45) is 0. The maximum absolute atomic E-state index is 12.1. The summed E-state index contributed by atoms with van der Waals surface area (Å²) in [5.74, 6) is -1.32. The molecule has 12 heteroatoms. The molecule has 0 spiro atoms. The lowest BCUT2D eigenvalue weighted by atomic mass is 10.2. The van der Waals surface area contributed by atoms with Gasteiger partial charge in [0.05, 0.1) is 22.2 Å². The summed E-state index contributed by atoms with van der Waals surface area (Å²) in [4.78, 5) is 10.6. The number of benzene rings is 1. The van der Waals surface area contributed by atoms with Crippen molar-refractivity contribution in [2.45, 2.75) is 11.4 Å². The quantitative estimate of drug-likeness (QED) is 0.719. The van der Waals surface area contributed by atoms with E-state index in [-0.39, 0.29) is 17.4 Å². The van der Waals surface area contributed by atoms with Gasteiger partial charge < -0.3 is 5.11 Å². The van der Waals surface area contributed by atoms with Crippen LogP contribution >= 0.6 is 23.2 Å². The molecule has 0 amide bonds. The fourth-order valence-corrected chi connectivity index (χ4v) is 3.33. The Balaban J connectivity index is 2.36. The van der Waals surface area contributed by atoms with E-state index in [0.717, 1.165) is 12.1 Å². The van der Waals surface area contributed by atoms with Gasteiger partial charge in [0, 0.05) is 0 Å². The van der Waals surface area contributed by atoms with Gasteiger partial charge in [-0.3, -0.25) is 0 Å². The largest absolute Gasteiger partial charge is 0.478 e. The standard InChI is InChI=1S/C9H7Cl2N5O4S/c10-4-1-2-5(8(11)7(4)9(17)18)21(19,20)12-3-6-13-15-16-14-6/h1-2,12H,3H2,(H,17,18)(H,13,14,15,16). The highest BCUT2D eigenvalue weighted by atomic mass is 35.5. The van der Waals surface area contributed by atoms with Gasteiger partial charge >= 0.3 is 5.97 Å². The number of rotatable bonds is 5. The fourth-order valence-electron chi connectivity index (χ4n) is 1.43. The van der Waals surface area contributed by atoms with E-state index in [1.54, 1.807) is 0 Å². The van der Waals surface area contributed by atoms with Crippen LogP contribution in [0.2, 0.25) is 10.0 Å². The number of halogens is 2. The first-order valence-corrected chi connectivity index (χ1v) is 7.50. The number of aromatic nitrogens is 4. The lowest BCUT2D eigenvalue weighted by Gasteiger charge is -2.09. The van der Waals surface area contributed by atoms with Crippen LogP contribution in [-0.4, -0.2) is 40.1 Å². The van der Waals surface area contributed by atoms with Gasteiger partial charge in [0.2, 0.25) is 10.0 Å². The number of nitrogens with one attached hydrogen (secondary N) is 2. The van der Waals surface area contributed by atoms with Crippen LogP contribution in [0.25, 0.3) is 0 Å². The Labute approximate surface area is 128 Å². The van der Waals surface area contributed by atoms with E-state index in [4.69, 9.17) is 28.3 Å². The van der Waals surface area contributed by atoms with Gasteiger partial charge in [-0.15, -0.1) is 10.2 Å². The van der Waals surface area contributed by atoms with E-state index in [0.29, 0.717) is 0 Å². The van der Waals surface area contributed by atoms with Crippen molar-refractivity contribution in [3.63, 3.8) is 0 Å². The molecule has 1 heterocycles. The summed E-state index contributed by atoms with van der Waals surface area (Å²) in [7, 11) is -4.07. The topological polar surface area (TPSA) is 138 Å². The van der Waals surface area contributed by atoms with Crippen molar-refractivity contribution in [2.75, 3.05) is 0 Å². The molecule has 0 unspecified atom stereocenters. The lowest BCUT2D eigenvalue weighted by Crippen LogP contribution is -2.24. The molecule has 2 rings (SSSR count). The van der Waals surface area contributed by atoms with Crippen LogP contribution in [0.4, 0.5) is 0 Å². The molecule has 1 aromatic heterocycles. The molecule has 21 heavy (non-hydrogen) atoms. The Morgan fingerprint density at radius 1 is 1.38 bits per heavy atom. The minimum absolute atomic E-state index is 0.113. The highest BCUT2D eigenvalue weighted by Crippen LogP contribution is 2.31. The van der Waals surface area contributed by atoms with Crippen LogP contribution < -0.4 is 4.72 Å². The molecule has 0 saturated carbocycles. The molecule has 0 fully saturated rings. The summed E-state index contributed by atoms with van der Waals surface area (Å²) in [6, 6.07) is 2.25. The molecular formula is C9H7Cl2N5O4S. The van der Waals surface area contributed by atoms with Gasteiger partial charge in [0.25, 0.3) is 0 Å². The fraction of sp³-hybridized carbons (Fsp3) is 0.111. The zero-order valence-electron chi connectivity index (χ0n) is 10.0. The van der Waals surface area contributed by atoms with Gasteiger partial charge in [0.1, 0.15) is 4.90 Å². The number of aromatic amines is 1. The van der Waals surface area contributed by atoms with E-state index in [1.165, 1.54) is 0 Å². The predicted molar refractivity (Wildman–Crippen MR) is 71.6 cm³/mol. The number of carbonyl (C=O) groups is 1. The second kappa shape index (κ2) is 5.93. The summed E-state index contributed by atoms with van der Waals surface area (Å²) in [5, 5.41) is 20.9. The van der Waals surface area contributed by atoms with E-state index < -0.39 is 31.5 Å². The van der Waals surface area contributed by atoms with E-state index in [9.17, 15) is 13.2 Å². The molecule has 0 aliphatic carbocycles. The predicted octanol–water partition coefficient (Wildman–Crippen LogP) is 0.683. The van der Waals surface area contributed by atoms with E-state index in [2.05, 4.69) is 25.3 Å². The van der Waals surface area contributed by atoms with Crippen LogP contribution in [0.15, 0.2) is 17.0 Å². The van der Waals surface area contributed by atoms with Crippen LogP contribution in [-0.2, 0) is 16.6 Å². The molecule has 0 atom stereocenters. The number of carboxylic acids is 1. The average molecular weight is 352 g/mol. The van der Waals surface area contributed by atoms with E-state index in [1.807, 2.05) is 0 Å². The van der Waals surface area contributed by atoms with Crippen LogP contribution in [0.5, 0.6) is 0 Å². The van der Waals surface area contributed by atoms with Crippen molar-refractivity contribution in [2.24, 2.45) is 0 Å². The van der Waals surface area contributed by atoms with Crippen molar-refractivity contribution in [3.05, 3.63) is 33.6 Å². The number of carboxylic acid groups (broad SMARTS) is 1. The molecule has 0 bridgehead atoms. The molecule has 1 aromatic carbocycles. The maximum atomic E-state index is 12.1. The first-order valence-electron chi connectivity index (χ1n) is 5.26. The number of H-pyrrole nitrogens is 1. The smallest absolute Gasteiger partial charge is 0.338 e. The third-order valence-corrected chi connectivity index (χ3v) is 4.63. The van der Waals surface area contributed by atoms with Crippen molar-refractivity contribution >= 4 is 39.2 Å². The second-order valence-electron chi connectivity index (χ2n) is 3.69. The van der Waals surface area contributed by atoms with Gasteiger partial charge in [-0.1, -0.05) is 28.4 Å². The highest BCUT2D eigenvalue weighted by molar-refractivity contribution is 7.89. The summed E-state index contributed by atoms with van der Waals surface area (Å²) in [5.41, 5.74) is -0.485. The van der Waals surface area contributed by atoms with Crippen LogP contribution in [0, 0.1) is 0 Å². The normalized spacial score (nSPS) is 11.5. The Kier molecular flexibility index (Phi) is 4.42. The molecule has 0 aliphatic rings. The second-order valence-corrected chi connectivity index (χ2v) is 6.21. The molecule has 112 valence electrons. The van der Waals surface area contributed by atoms with Gasteiger partial charge in [0.15, 0.2) is 5.82 Å². The Morgan fingerprint density at radius 2 is 2.10 bits per heavy atom. The first kappa shape index (κ1) is 15.6. The molecule has 0 aliphatic heterocycles. The number of hydrogen-bond donors (Lipinski definition) is 3. The average Bonchev–Trinajstić information content (AvgIpc) is 2.88. The van der Waals surface area contributed by atoms with E-state index >= 15 is 0 Å². The first-order chi connectivity index (χ1) is 9.83. The number of aromatic carboxylic acids is 1. The minimum Gasteiger partial charge on any atom is -0.478 e. The summed E-state index contributed by atoms with van der Waals surface area (Å²) < 4.78 is 26.4. The SMILES string of the molecule is O=C(O)c1c(Cl)ccc(S(=O)(=O)NCc2nn[nH]n2)c1Cl. The molecule has 3 N–H and O–H groups in total. The van der Waals surface area contributed by atoms with Crippen molar-refractivity contribution in [1.29, 1.82) is 0 Å². The Morgan fingerprint density at radius 3 is 2.67 bits per heavy atom. The Bertz CT molecular complexity index is 778. The lowest BCUT2D eigenvalue weighted by molar-refractivity contribution is 0.0697. The van der Waals surface area contributed by atoms with Crippen molar-refractivity contribution in [1.82, 2.24) is 25.3 Å². The minimum atomic E-state index is -4.07. The number of sulfonamides is 1. The number of tetrazole rings is 1. The van der Waals surface area contributed by atoms with Gasteiger partial charge in [-0.25, -0.2) is 17.9 Å². The molecule has 0 saturated heterocycles. The third-order valence-electron chi connectivity index (χ3n) is 2.37. The Hall–Kier alpha value is -1.75.